The zero-order valence-electron chi connectivity index (χ0n) is 36.0. The average molecular weight is 954 g/mol. The lowest BCUT2D eigenvalue weighted by atomic mass is 10.1. The minimum Gasteiger partial charge on any atom is -0.378 e. The number of aromatic nitrogens is 9. The lowest BCUT2D eigenvalue weighted by Gasteiger charge is -2.08. The van der Waals surface area contributed by atoms with Crippen LogP contribution in [-0.4, -0.2) is 102 Å². The summed E-state index contributed by atoms with van der Waals surface area (Å²) in [5.74, 6) is 6.31. The van der Waals surface area contributed by atoms with Crippen molar-refractivity contribution in [1.82, 2.24) is 55.3 Å². The van der Waals surface area contributed by atoms with Crippen LogP contribution < -0.4 is 27.2 Å². The topological polar surface area (TPSA) is 250 Å². The van der Waals surface area contributed by atoms with E-state index in [0.717, 1.165) is 28.9 Å². The Labute approximate surface area is 395 Å². The molecule has 0 aliphatic heterocycles. The molecule has 8 aromatic rings. The minimum absolute atomic E-state index is 0.140. The molecule has 6 N–H and O–H groups in total. The van der Waals surface area contributed by atoms with Gasteiger partial charge in [0.2, 0.25) is 10.3 Å². The Morgan fingerprint density at radius 3 is 2.49 bits per heavy atom. The molecule has 22 heteroatoms. The van der Waals surface area contributed by atoms with Crippen molar-refractivity contribution in [3.05, 3.63) is 123 Å². The van der Waals surface area contributed by atoms with Crippen LogP contribution in [0.2, 0.25) is 0 Å². The smallest absolute Gasteiger partial charge is 0.301 e. The molecule has 5 heterocycles. The maximum atomic E-state index is 13.6. The lowest BCUT2D eigenvalue weighted by molar-refractivity contribution is -0.115. The molecule has 0 aliphatic carbocycles. The standard InChI is InChI=1S/C45H43N15O4S3/c1-2-25-65-44-52-39(48-19-18-46)38-40(53-44)59(58-55-38)27-30-10-8-29(9-11-30)12-17-35(61)47-20-23-64-24-21-49-41(62)33-15-13-31(14-16-33)34-28-67-45(51-34)60-42(63)37(54-56-43-50-22-26-66-43)36(57-60)32-6-4-3-5-7-32/h3-11,13-16,22,26,28,57H,2,18-21,23-25,27,46H2,1H3,(H,47,61)(H,49,62)(H,48,52,53). The molecule has 0 aliphatic rings. The van der Waals surface area contributed by atoms with Crippen LogP contribution in [0.4, 0.5) is 16.6 Å². The molecule has 5 aromatic heterocycles. The number of nitrogens with two attached hydrogens (primary N) is 1. The van der Waals surface area contributed by atoms with Gasteiger partial charge in [0, 0.05) is 77.1 Å². The van der Waals surface area contributed by atoms with E-state index in [4.69, 9.17) is 20.4 Å². The quantitative estimate of drug-likeness (QED) is 0.0188. The van der Waals surface area contributed by atoms with E-state index in [1.54, 1.807) is 52.3 Å². The van der Waals surface area contributed by atoms with Gasteiger partial charge in [0.15, 0.2) is 27.8 Å². The summed E-state index contributed by atoms with van der Waals surface area (Å²) in [6.45, 7) is 4.57. The van der Waals surface area contributed by atoms with Gasteiger partial charge in [-0.15, -0.1) is 38.0 Å². The van der Waals surface area contributed by atoms with Gasteiger partial charge in [0.25, 0.3) is 11.8 Å². The van der Waals surface area contributed by atoms with Gasteiger partial charge in [-0.05, 0) is 36.2 Å². The minimum atomic E-state index is -0.432. The largest absolute Gasteiger partial charge is 0.378 e. The van der Waals surface area contributed by atoms with Crippen LogP contribution in [0.1, 0.15) is 34.8 Å². The van der Waals surface area contributed by atoms with Crippen LogP contribution in [0.15, 0.2) is 116 Å². The summed E-state index contributed by atoms with van der Waals surface area (Å²) >= 11 is 4.18. The van der Waals surface area contributed by atoms with E-state index in [2.05, 4.69) is 70.3 Å². The van der Waals surface area contributed by atoms with E-state index in [9.17, 15) is 14.4 Å². The number of benzene rings is 3. The predicted molar refractivity (Wildman–Crippen MR) is 259 cm³/mol. The number of aromatic amines is 1. The molecule has 0 radical (unpaired) electrons. The predicted octanol–water partition coefficient (Wildman–Crippen LogP) is 6.20. The van der Waals surface area contributed by atoms with Crippen molar-refractivity contribution < 1.29 is 14.3 Å². The van der Waals surface area contributed by atoms with Crippen molar-refractivity contribution in [2.75, 3.05) is 50.5 Å². The number of nitrogens with one attached hydrogen (secondary N) is 4. The summed E-state index contributed by atoms with van der Waals surface area (Å²) in [6, 6.07) is 23.9. The van der Waals surface area contributed by atoms with Gasteiger partial charge in [-0.25, -0.2) is 24.6 Å². The van der Waals surface area contributed by atoms with Crippen LogP contribution >= 0.6 is 34.4 Å². The molecule has 0 atom stereocenters. The number of fused-ring (bicyclic) bond motifs is 1. The second-order valence-electron chi connectivity index (χ2n) is 14.4. The fourth-order valence-corrected chi connectivity index (χ4v) is 8.28. The van der Waals surface area contributed by atoms with Gasteiger partial charge in [-0.2, -0.15) is 4.68 Å². The summed E-state index contributed by atoms with van der Waals surface area (Å²) in [4.78, 5) is 57.0. The summed E-state index contributed by atoms with van der Waals surface area (Å²) in [5, 5.41) is 34.1. The molecule has 340 valence electrons. The van der Waals surface area contributed by atoms with Crippen molar-refractivity contribution >= 4 is 74.1 Å². The molecule has 8 rings (SSSR count). The number of anilines is 1. The Morgan fingerprint density at radius 2 is 1.73 bits per heavy atom. The number of azo groups is 1. The van der Waals surface area contributed by atoms with E-state index in [1.807, 2.05) is 60.0 Å². The third kappa shape index (κ3) is 11.9. The molecule has 0 bridgehead atoms. The molecule has 3 aromatic carbocycles. The number of H-pyrrole nitrogens is 1. The van der Waals surface area contributed by atoms with Gasteiger partial charge in [0.05, 0.1) is 31.1 Å². The number of hydrogen-bond acceptors (Lipinski definition) is 17. The fraction of sp³-hybridized carbons (Fsp3) is 0.222. The summed E-state index contributed by atoms with van der Waals surface area (Å²) in [7, 11) is 0. The fourth-order valence-electron chi connectivity index (χ4n) is 6.34. The van der Waals surface area contributed by atoms with E-state index in [0.29, 0.717) is 74.6 Å². The normalized spacial score (nSPS) is 11.2. The molecular formula is C45H43N15O4S3. The highest BCUT2D eigenvalue weighted by Crippen LogP contribution is 2.31. The van der Waals surface area contributed by atoms with Gasteiger partial charge < -0.3 is 26.4 Å². The molecule has 0 unspecified atom stereocenters. The highest BCUT2D eigenvalue weighted by Gasteiger charge is 2.20. The van der Waals surface area contributed by atoms with E-state index in [1.165, 1.54) is 27.4 Å². The molecule has 0 spiro atoms. The Hall–Kier alpha value is -7.42. The molecule has 67 heavy (non-hydrogen) atoms. The van der Waals surface area contributed by atoms with Crippen LogP contribution in [0.3, 0.4) is 0 Å². The van der Waals surface area contributed by atoms with Crippen molar-refractivity contribution in [3.8, 4) is 39.5 Å². The van der Waals surface area contributed by atoms with Crippen molar-refractivity contribution in [2.24, 2.45) is 16.0 Å². The second kappa shape index (κ2) is 22.7. The van der Waals surface area contributed by atoms with Gasteiger partial charge in [-0.3, -0.25) is 19.5 Å². The maximum Gasteiger partial charge on any atom is 0.301 e. The van der Waals surface area contributed by atoms with E-state index < -0.39 is 11.5 Å². The summed E-state index contributed by atoms with van der Waals surface area (Å²) in [6.07, 6.45) is 2.62. The van der Waals surface area contributed by atoms with Crippen molar-refractivity contribution in [2.45, 2.75) is 25.0 Å². The second-order valence-corrected chi connectivity index (χ2v) is 17.1. The number of amides is 2. The highest BCUT2D eigenvalue weighted by atomic mass is 32.2. The lowest BCUT2D eigenvalue weighted by Crippen LogP contribution is -2.29. The molecule has 0 saturated carbocycles. The summed E-state index contributed by atoms with van der Waals surface area (Å²) < 4.78 is 8.68. The SMILES string of the molecule is CCCSc1nc(NCCN)c2nnn(Cc3ccc(C#CC(=O)NCCOCCNC(=O)c4ccc(-c5csc(-n6[nH]c(-c7ccccc7)c(N=Nc7nccs7)c6=O)n5)cc4)cc3)c2n1. The third-order valence-electron chi connectivity index (χ3n) is 9.59. The van der Waals surface area contributed by atoms with E-state index >= 15 is 0 Å². The molecular weight excluding hydrogens is 911 g/mol. The molecule has 2 amide bonds. The number of carbonyl (C=O) groups excluding carboxylic acids is 2. The zero-order chi connectivity index (χ0) is 46.4. The van der Waals surface area contributed by atoms with Crippen molar-refractivity contribution in [1.29, 1.82) is 0 Å². The van der Waals surface area contributed by atoms with Gasteiger partial charge in [-0.1, -0.05) is 84.4 Å². The number of thioether (sulfide) groups is 1. The Kier molecular flexibility index (Phi) is 15.6. The van der Waals surface area contributed by atoms with Crippen LogP contribution in [0, 0.1) is 11.8 Å². The van der Waals surface area contributed by atoms with Crippen LogP contribution in [-0.2, 0) is 16.1 Å². The monoisotopic (exact) mass is 953 g/mol. The number of nitrogens with zero attached hydrogens (tertiary/aromatic N) is 10. The number of ether oxygens (including phenoxy) is 1. The van der Waals surface area contributed by atoms with Crippen LogP contribution in [0.5, 0.6) is 0 Å². The number of rotatable bonds is 20. The first-order valence-corrected chi connectivity index (χ1v) is 23.8. The molecule has 0 fully saturated rings. The average Bonchev–Trinajstić information content (AvgIpc) is 4.20. The Bertz CT molecular complexity index is 3080. The number of thiazole rings is 2. The molecule has 0 saturated heterocycles. The summed E-state index contributed by atoms with van der Waals surface area (Å²) in [5.41, 5.74) is 11.4. The number of hydrogen-bond donors (Lipinski definition) is 5. The van der Waals surface area contributed by atoms with E-state index in [-0.39, 0.29) is 37.9 Å². The number of carbonyl (C=O) groups is 2. The Balaban J connectivity index is 0.765. The first kappa shape index (κ1) is 46.1. The Morgan fingerprint density at radius 1 is 0.925 bits per heavy atom. The van der Waals surface area contributed by atoms with Gasteiger partial charge in [0.1, 0.15) is 0 Å². The first-order valence-electron chi connectivity index (χ1n) is 21.1. The molecule has 19 nitrogen and oxygen atoms in total. The van der Waals surface area contributed by atoms with Gasteiger partial charge >= 0.3 is 5.56 Å². The third-order valence-corrected chi connectivity index (χ3v) is 12.1. The van der Waals surface area contributed by atoms with Crippen LogP contribution in [0.25, 0.3) is 38.8 Å². The zero-order valence-corrected chi connectivity index (χ0v) is 38.5. The maximum absolute atomic E-state index is 13.6. The highest BCUT2D eigenvalue weighted by molar-refractivity contribution is 7.99. The van der Waals surface area contributed by atoms with Crippen molar-refractivity contribution in [3.63, 3.8) is 0 Å². The first-order chi connectivity index (χ1) is 32.9.